The molecule has 0 N–H and O–H groups in total. The Hall–Kier alpha value is -4.06. The number of nitro benzene ring substituents is 1. The summed E-state index contributed by atoms with van der Waals surface area (Å²) in [5, 5.41) is 11.9. The minimum atomic E-state index is -0.395. The number of carbonyl (C=O) groups is 1. The molecule has 0 unspecified atom stereocenters. The molecule has 0 bridgehead atoms. The molecule has 176 valence electrons. The van der Waals surface area contributed by atoms with Crippen LogP contribution in [0.5, 0.6) is 0 Å². The van der Waals surface area contributed by atoms with E-state index in [0.29, 0.717) is 10.6 Å². The summed E-state index contributed by atoms with van der Waals surface area (Å²) >= 11 is 7.86. The van der Waals surface area contributed by atoms with Gasteiger partial charge in [0, 0.05) is 43.6 Å². The van der Waals surface area contributed by atoms with Crippen molar-refractivity contribution in [2.75, 3.05) is 0 Å². The number of hydrogen-bond donors (Lipinski definition) is 0. The minimum Gasteiger partial charge on any atom is -0.295 e. The maximum atomic E-state index is 11.9. The van der Waals surface area contributed by atoms with Gasteiger partial charge in [-0.05, 0) is 53.4 Å². The quantitative estimate of drug-likeness (QED) is 0.130. The zero-order valence-electron chi connectivity index (χ0n) is 19.3. The molecule has 5 aromatic rings. The predicted octanol–water partition coefficient (Wildman–Crippen LogP) is 9.18. The monoisotopic (exact) mass is 509 g/mol. The number of ketones is 1. The number of carbonyl (C=O) groups excluding carboxylic acids is 1. The average molecular weight is 510 g/mol. The summed E-state index contributed by atoms with van der Waals surface area (Å²) in [5.74, 6) is 0.00496. The highest BCUT2D eigenvalue weighted by molar-refractivity contribution is 7.20. The van der Waals surface area contributed by atoms with Crippen molar-refractivity contribution in [1.29, 1.82) is 0 Å². The van der Waals surface area contributed by atoms with Gasteiger partial charge < -0.3 is 0 Å². The highest BCUT2D eigenvalue weighted by Gasteiger charge is 2.23. The molecule has 0 aliphatic carbocycles. The molecule has 0 fully saturated rings. The molecule has 5 rings (SSSR count). The van der Waals surface area contributed by atoms with E-state index in [0.717, 1.165) is 43.1 Å². The van der Waals surface area contributed by atoms with E-state index < -0.39 is 4.92 Å². The van der Waals surface area contributed by atoms with Crippen LogP contribution in [0.15, 0.2) is 103 Å². The van der Waals surface area contributed by atoms with Crippen LogP contribution in [0.3, 0.4) is 0 Å². The van der Waals surface area contributed by atoms with Gasteiger partial charge in [-0.3, -0.25) is 14.9 Å². The van der Waals surface area contributed by atoms with Gasteiger partial charge in [0.2, 0.25) is 0 Å². The number of hydrogen-bond acceptors (Lipinski definition) is 4. The van der Waals surface area contributed by atoms with E-state index in [2.05, 4.69) is 12.1 Å². The zero-order valence-corrected chi connectivity index (χ0v) is 20.8. The van der Waals surface area contributed by atoms with Gasteiger partial charge in [0.15, 0.2) is 5.78 Å². The number of benzene rings is 4. The molecule has 0 saturated carbocycles. The van der Waals surface area contributed by atoms with Crippen LogP contribution in [0.4, 0.5) is 5.69 Å². The van der Waals surface area contributed by atoms with Crippen molar-refractivity contribution in [3.63, 3.8) is 0 Å². The second kappa shape index (κ2) is 9.90. The van der Waals surface area contributed by atoms with Crippen LogP contribution in [0.1, 0.15) is 17.3 Å². The number of halogens is 1. The molecule has 4 nitrogen and oxygen atoms in total. The van der Waals surface area contributed by atoms with Crippen molar-refractivity contribution < 1.29 is 9.72 Å². The van der Waals surface area contributed by atoms with Gasteiger partial charge in [0.05, 0.1) is 4.92 Å². The van der Waals surface area contributed by atoms with Gasteiger partial charge in [-0.2, -0.15) is 0 Å². The van der Waals surface area contributed by atoms with Crippen molar-refractivity contribution in [3.8, 4) is 43.1 Å². The molecule has 0 spiro atoms. The lowest BCUT2D eigenvalue weighted by Crippen LogP contribution is -1.92. The van der Waals surface area contributed by atoms with Gasteiger partial charge in [0.1, 0.15) is 0 Å². The molecule has 36 heavy (non-hydrogen) atoms. The topological polar surface area (TPSA) is 60.2 Å². The van der Waals surface area contributed by atoms with Crippen molar-refractivity contribution >= 4 is 34.4 Å². The fourth-order valence-corrected chi connectivity index (χ4v) is 5.68. The van der Waals surface area contributed by atoms with Crippen LogP contribution in [0.25, 0.3) is 43.1 Å². The Bertz CT molecular complexity index is 1560. The number of Topliss-reactive ketones (excluding diaryl/α,β-unsaturated/α-hetero) is 1. The molecule has 0 saturated heterocycles. The summed E-state index contributed by atoms with van der Waals surface area (Å²) in [5.41, 5.74) is 6.66. The summed E-state index contributed by atoms with van der Waals surface area (Å²) in [4.78, 5) is 24.8. The van der Waals surface area contributed by atoms with Crippen LogP contribution >= 0.6 is 22.9 Å². The Labute approximate surface area is 217 Å². The van der Waals surface area contributed by atoms with Crippen molar-refractivity contribution in [2.24, 2.45) is 0 Å². The lowest BCUT2D eigenvalue weighted by atomic mass is 9.91. The first kappa shape index (κ1) is 23.7. The zero-order chi connectivity index (χ0) is 25.2. The van der Waals surface area contributed by atoms with E-state index in [1.807, 2.05) is 66.7 Å². The van der Waals surface area contributed by atoms with E-state index in [-0.39, 0.29) is 11.5 Å². The Morgan fingerprint density at radius 1 is 0.694 bits per heavy atom. The van der Waals surface area contributed by atoms with Gasteiger partial charge in [-0.1, -0.05) is 78.3 Å². The van der Waals surface area contributed by atoms with Crippen LogP contribution in [-0.4, -0.2) is 10.7 Å². The Morgan fingerprint density at radius 3 is 1.67 bits per heavy atom. The Balaban J connectivity index is 1.83. The van der Waals surface area contributed by atoms with E-state index >= 15 is 0 Å². The molecule has 0 radical (unpaired) electrons. The molecular formula is C30H20ClNO3S. The second-order valence-electron chi connectivity index (χ2n) is 8.32. The van der Waals surface area contributed by atoms with Gasteiger partial charge >= 0.3 is 0 Å². The Kier molecular flexibility index (Phi) is 6.51. The average Bonchev–Trinajstić information content (AvgIpc) is 3.30. The Morgan fingerprint density at radius 2 is 1.17 bits per heavy atom. The molecule has 1 heterocycles. The highest BCUT2D eigenvalue weighted by Crippen LogP contribution is 2.52. The van der Waals surface area contributed by atoms with Crippen LogP contribution in [0.2, 0.25) is 5.02 Å². The van der Waals surface area contributed by atoms with Crippen LogP contribution < -0.4 is 0 Å². The summed E-state index contributed by atoms with van der Waals surface area (Å²) in [7, 11) is 0. The third-order valence-corrected chi connectivity index (χ3v) is 7.54. The van der Waals surface area contributed by atoms with E-state index in [1.54, 1.807) is 30.4 Å². The van der Waals surface area contributed by atoms with E-state index in [4.69, 9.17) is 11.6 Å². The summed E-state index contributed by atoms with van der Waals surface area (Å²) in [6.45, 7) is 1.55. The third kappa shape index (κ3) is 4.59. The first-order valence-electron chi connectivity index (χ1n) is 11.3. The van der Waals surface area contributed by atoms with E-state index in [9.17, 15) is 14.9 Å². The van der Waals surface area contributed by atoms with Crippen molar-refractivity contribution in [1.82, 2.24) is 0 Å². The normalized spacial score (nSPS) is 10.8. The fraction of sp³-hybridized carbons (Fsp3) is 0.0333. The molecule has 0 amide bonds. The van der Waals surface area contributed by atoms with Gasteiger partial charge in [-0.25, -0.2) is 0 Å². The maximum absolute atomic E-state index is 11.9. The predicted molar refractivity (Wildman–Crippen MR) is 148 cm³/mol. The third-order valence-electron chi connectivity index (χ3n) is 6.00. The summed E-state index contributed by atoms with van der Waals surface area (Å²) < 4.78 is 0. The second-order valence-corrected chi connectivity index (χ2v) is 9.78. The number of rotatable bonds is 6. The molecule has 6 heteroatoms. The molecule has 4 aromatic carbocycles. The van der Waals surface area contributed by atoms with Crippen molar-refractivity contribution in [2.45, 2.75) is 6.92 Å². The SMILES string of the molecule is CC(=O)c1ccc(-c2c(-c3ccc([N+](=O)[O-])cc3)sc(-c3ccccc3)c2-c2ccc(Cl)cc2)cc1. The molecule has 0 atom stereocenters. The van der Waals surface area contributed by atoms with Gasteiger partial charge in [-0.15, -0.1) is 11.3 Å². The largest absolute Gasteiger partial charge is 0.295 e. The minimum absolute atomic E-state index is 0.00496. The van der Waals surface area contributed by atoms with Crippen LogP contribution in [0, 0.1) is 10.1 Å². The number of nitrogens with zero attached hydrogens (tertiary/aromatic N) is 1. The van der Waals surface area contributed by atoms with E-state index in [1.165, 1.54) is 12.1 Å². The molecule has 0 aliphatic rings. The first-order valence-corrected chi connectivity index (χ1v) is 12.5. The molecular weight excluding hydrogens is 490 g/mol. The standard InChI is InChI=1S/C30H20ClNO3S/c1-19(33)20-7-9-21(10-8-20)27-28(22-11-15-25(31)16-12-22)29(23-5-3-2-4-6-23)36-30(27)24-13-17-26(18-14-24)32(34)35/h2-18H,1H3. The smallest absolute Gasteiger partial charge is 0.269 e. The van der Waals surface area contributed by atoms with Crippen molar-refractivity contribution in [3.05, 3.63) is 124 Å². The van der Waals surface area contributed by atoms with Crippen LogP contribution in [-0.2, 0) is 0 Å². The molecule has 0 aliphatic heterocycles. The highest BCUT2D eigenvalue weighted by atomic mass is 35.5. The number of nitro groups is 1. The lowest BCUT2D eigenvalue weighted by Gasteiger charge is -2.11. The number of non-ortho nitro benzene ring substituents is 1. The van der Waals surface area contributed by atoms with Gasteiger partial charge in [0.25, 0.3) is 5.69 Å². The fourth-order valence-electron chi connectivity index (χ4n) is 4.20. The molecule has 1 aromatic heterocycles. The maximum Gasteiger partial charge on any atom is 0.269 e. The number of thiophene rings is 1. The summed E-state index contributed by atoms with van der Waals surface area (Å²) in [6, 6.07) is 32.1. The lowest BCUT2D eigenvalue weighted by molar-refractivity contribution is -0.384. The first-order chi connectivity index (χ1) is 17.4. The summed E-state index contributed by atoms with van der Waals surface area (Å²) in [6.07, 6.45) is 0.